The third-order valence-corrected chi connectivity index (χ3v) is 3.54. The largest absolute Gasteiger partial charge is 0.461 e. The van der Waals surface area contributed by atoms with Gasteiger partial charge in [-0.1, -0.05) is 60.7 Å². The van der Waals surface area contributed by atoms with Crippen molar-refractivity contribution in [3.05, 3.63) is 71.8 Å². The van der Waals surface area contributed by atoms with Crippen molar-refractivity contribution < 1.29 is 9.53 Å². The van der Waals surface area contributed by atoms with Crippen LogP contribution in [0.1, 0.15) is 23.5 Å². The van der Waals surface area contributed by atoms with Gasteiger partial charge in [0.2, 0.25) is 0 Å². The van der Waals surface area contributed by atoms with Crippen molar-refractivity contribution >= 4 is 5.97 Å². The van der Waals surface area contributed by atoms with E-state index in [1.54, 1.807) is 0 Å². The number of ether oxygens (including phenoxy) is 1. The number of esters is 1. The number of carbonyl (C=O) groups is 1. The van der Waals surface area contributed by atoms with Crippen LogP contribution >= 0.6 is 0 Å². The Morgan fingerprint density at radius 1 is 1.00 bits per heavy atom. The maximum atomic E-state index is 11.9. The third kappa shape index (κ3) is 2.84. The van der Waals surface area contributed by atoms with Gasteiger partial charge in [0.1, 0.15) is 6.61 Å². The summed E-state index contributed by atoms with van der Waals surface area (Å²) in [5, 5.41) is 0. The minimum atomic E-state index is -0.0716. The Bertz CT molecular complexity index is 548. The van der Waals surface area contributed by atoms with Crippen LogP contribution in [0.15, 0.2) is 60.7 Å². The van der Waals surface area contributed by atoms with Gasteiger partial charge in [-0.05, 0) is 23.5 Å². The fourth-order valence-electron chi connectivity index (χ4n) is 2.36. The van der Waals surface area contributed by atoms with Gasteiger partial charge in [-0.25, -0.2) is 0 Å². The van der Waals surface area contributed by atoms with Crippen LogP contribution in [0.4, 0.5) is 0 Å². The Hall–Kier alpha value is -2.09. The van der Waals surface area contributed by atoms with Crippen molar-refractivity contribution in [1.29, 1.82) is 0 Å². The Kier molecular flexibility index (Phi) is 3.32. The maximum Gasteiger partial charge on any atom is 0.309 e. The zero-order chi connectivity index (χ0) is 13.1. The summed E-state index contributed by atoms with van der Waals surface area (Å²) >= 11 is 0. The van der Waals surface area contributed by atoms with E-state index in [0.717, 1.165) is 12.0 Å². The Balaban J connectivity index is 1.53. The minimum absolute atomic E-state index is 0.0473. The standard InChI is InChI=1S/C17H16O2/c18-17(19-12-13-7-3-1-4-8-13)16-11-15(16)14-9-5-2-6-10-14/h1-10,15-16H,11-12H2/t15-,16+/m1/s1. The van der Waals surface area contributed by atoms with E-state index in [9.17, 15) is 4.79 Å². The van der Waals surface area contributed by atoms with Crippen molar-refractivity contribution in [1.82, 2.24) is 0 Å². The highest BCUT2D eigenvalue weighted by molar-refractivity contribution is 5.77. The molecule has 19 heavy (non-hydrogen) atoms. The molecule has 0 amide bonds. The highest BCUT2D eigenvalue weighted by Crippen LogP contribution is 2.48. The van der Waals surface area contributed by atoms with Gasteiger partial charge in [0.15, 0.2) is 0 Å². The molecule has 0 bridgehead atoms. The molecule has 0 aromatic heterocycles. The molecule has 0 radical (unpaired) electrons. The Morgan fingerprint density at radius 3 is 2.32 bits per heavy atom. The zero-order valence-corrected chi connectivity index (χ0v) is 10.7. The lowest BCUT2D eigenvalue weighted by Crippen LogP contribution is -2.07. The van der Waals surface area contributed by atoms with Crippen LogP contribution in [-0.2, 0) is 16.1 Å². The van der Waals surface area contributed by atoms with E-state index in [2.05, 4.69) is 12.1 Å². The third-order valence-electron chi connectivity index (χ3n) is 3.54. The predicted molar refractivity (Wildman–Crippen MR) is 73.5 cm³/mol. The topological polar surface area (TPSA) is 26.3 Å². The normalized spacial score (nSPS) is 20.8. The summed E-state index contributed by atoms with van der Waals surface area (Å²) in [5.74, 6) is 0.327. The lowest BCUT2D eigenvalue weighted by molar-refractivity contribution is -0.146. The molecule has 2 atom stereocenters. The first-order chi connectivity index (χ1) is 9.34. The summed E-state index contributed by atoms with van der Waals surface area (Å²) in [6, 6.07) is 20.0. The highest BCUT2D eigenvalue weighted by Gasteiger charge is 2.45. The van der Waals surface area contributed by atoms with Crippen LogP contribution in [0.2, 0.25) is 0 Å². The molecular formula is C17H16O2. The van der Waals surface area contributed by atoms with Crippen molar-refractivity contribution in [3.8, 4) is 0 Å². The van der Waals surface area contributed by atoms with E-state index in [4.69, 9.17) is 4.74 Å². The molecule has 2 heteroatoms. The second kappa shape index (κ2) is 5.27. The molecule has 0 heterocycles. The number of rotatable bonds is 4. The van der Waals surface area contributed by atoms with E-state index >= 15 is 0 Å². The van der Waals surface area contributed by atoms with Crippen LogP contribution < -0.4 is 0 Å². The number of hydrogen-bond acceptors (Lipinski definition) is 2. The molecular weight excluding hydrogens is 236 g/mol. The number of carbonyl (C=O) groups excluding carboxylic acids is 1. The van der Waals surface area contributed by atoms with Crippen LogP contribution in [0.25, 0.3) is 0 Å². The minimum Gasteiger partial charge on any atom is -0.461 e. The molecule has 1 aliphatic carbocycles. The average molecular weight is 252 g/mol. The van der Waals surface area contributed by atoms with E-state index in [1.165, 1.54) is 5.56 Å². The maximum absolute atomic E-state index is 11.9. The first-order valence-corrected chi connectivity index (χ1v) is 6.60. The summed E-state index contributed by atoms with van der Waals surface area (Å²) in [5.41, 5.74) is 2.27. The summed E-state index contributed by atoms with van der Waals surface area (Å²) in [4.78, 5) is 11.9. The molecule has 0 saturated heterocycles. The molecule has 1 aliphatic rings. The molecule has 96 valence electrons. The highest BCUT2D eigenvalue weighted by atomic mass is 16.5. The second-order valence-corrected chi connectivity index (χ2v) is 4.95. The molecule has 3 rings (SSSR count). The second-order valence-electron chi connectivity index (χ2n) is 4.95. The van der Waals surface area contributed by atoms with Gasteiger partial charge in [-0.15, -0.1) is 0 Å². The fraction of sp³-hybridized carbons (Fsp3) is 0.235. The summed E-state index contributed by atoms with van der Waals surface area (Å²) in [6.45, 7) is 0.373. The van der Waals surface area contributed by atoms with Gasteiger partial charge in [0.25, 0.3) is 0 Å². The lowest BCUT2D eigenvalue weighted by atomic mass is 10.1. The summed E-state index contributed by atoms with van der Waals surface area (Å²) < 4.78 is 5.36. The summed E-state index contributed by atoms with van der Waals surface area (Å²) in [7, 11) is 0. The molecule has 0 unspecified atom stereocenters. The van der Waals surface area contributed by atoms with E-state index in [-0.39, 0.29) is 11.9 Å². The quantitative estimate of drug-likeness (QED) is 0.778. The van der Waals surface area contributed by atoms with E-state index < -0.39 is 0 Å². The molecule has 0 aliphatic heterocycles. The molecule has 2 aromatic rings. The van der Waals surface area contributed by atoms with Gasteiger partial charge in [-0.2, -0.15) is 0 Å². The number of benzene rings is 2. The zero-order valence-electron chi connectivity index (χ0n) is 10.7. The summed E-state index contributed by atoms with van der Waals surface area (Å²) in [6.07, 6.45) is 0.914. The molecule has 1 fully saturated rings. The molecule has 0 spiro atoms. The molecule has 0 N–H and O–H groups in total. The smallest absolute Gasteiger partial charge is 0.309 e. The van der Waals surface area contributed by atoms with Gasteiger partial charge < -0.3 is 4.74 Å². The Morgan fingerprint density at radius 2 is 1.63 bits per heavy atom. The van der Waals surface area contributed by atoms with Crippen molar-refractivity contribution in [2.45, 2.75) is 18.9 Å². The molecule has 2 aromatic carbocycles. The van der Waals surface area contributed by atoms with Gasteiger partial charge in [-0.3, -0.25) is 4.79 Å². The van der Waals surface area contributed by atoms with Gasteiger partial charge in [0.05, 0.1) is 5.92 Å². The van der Waals surface area contributed by atoms with E-state index in [0.29, 0.717) is 12.5 Å². The fourth-order valence-corrected chi connectivity index (χ4v) is 2.36. The van der Waals surface area contributed by atoms with Crippen LogP contribution in [0.5, 0.6) is 0 Å². The lowest BCUT2D eigenvalue weighted by Gasteiger charge is -2.04. The van der Waals surface area contributed by atoms with Crippen molar-refractivity contribution in [3.63, 3.8) is 0 Å². The van der Waals surface area contributed by atoms with Gasteiger partial charge >= 0.3 is 5.97 Å². The van der Waals surface area contributed by atoms with Crippen LogP contribution in [0.3, 0.4) is 0 Å². The molecule has 1 saturated carbocycles. The SMILES string of the molecule is O=C(OCc1ccccc1)[C@H]1C[C@@H]1c1ccccc1. The monoisotopic (exact) mass is 252 g/mol. The first kappa shape index (κ1) is 12.0. The van der Waals surface area contributed by atoms with E-state index in [1.807, 2.05) is 48.5 Å². The average Bonchev–Trinajstić information content (AvgIpc) is 3.27. The van der Waals surface area contributed by atoms with Crippen molar-refractivity contribution in [2.24, 2.45) is 5.92 Å². The molecule has 2 nitrogen and oxygen atoms in total. The van der Waals surface area contributed by atoms with Crippen molar-refractivity contribution in [2.75, 3.05) is 0 Å². The Labute approximate surface area is 113 Å². The predicted octanol–water partition coefficient (Wildman–Crippen LogP) is 3.53. The van der Waals surface area contributed by atoms with Crippen LogP contribution in [0, 0.1) is 5.92 Å². The number of hydrogen-bond donors (Lipinski definition) is 0. The first-order valence-electron chi connectivity index (χ1n) is 6.60. The van der Waals surface area contributed by atoms with Gasteiger partial charge in [0, 0.05) is 0 Å². The van der Waals surface area contributed by atoms with Crippen LogP contribution in [-0.4, -0.2) is 5.97 Å².